The highest BCUT2D eigenvalue weighted by molar-refractivity contribution is 5.27. The van der Waals surface area contributed by atoms with Crippen LogP contribution >= 0.6 is 0 Å². The topological polar surface area (TPSA) is 21.3 Å². The zero-order chi connectivity index (χ0) is 12.1. The Kier molecular flexibility index (Phi) is 4.15. The van der Waals surface area contributed by atoms with Crippen molar-refractivity contribution in [2.45, 2.75) is 25.8 Å². The molecule has 2 rings (SSSR count). The van der Waals surface area contributed by atoms with Crippen LogP contribution in [0.15, 0.2) is 36.1 Å². The van der Waals surface area contributed by atoms with Gasteiger partial charge in [-0.25, -0.2) is 4.39 Å². The minimum absolute atomic E-state index is 0.0202. The molecule has 1 aromatic carbocycles. The molecule has 2 nitrogen and oxygen atoms in total. The summed E-state index contributed by atoms with van der Waals surface area (Å²) in [6.07, 6.45) is 4.06. The summed E-state index contributed by atoms with van der Waals surface area (Å²) in [7, 11) is 0. The highest BCUT2D eigenvalue weighted by atomic mass is 19.1. The largest absolute Gasteiger partial charge is 0.496 e. The van der Waals surface area contributed by atoms with Crippen LogP contribution in [0, 0.1) is 5.82 Å². The molecule has 0 fully saturated rings. The molecule has 0 saturated heterocycles. The molecule has 0 aliphatic carbocycles. The first kappa shape index (κ1) is 12.1. The number of ether oxygens (including phenoxy) is 1. The van der Waals surface area contributed by atoms with Crippen LogP contribution in [-0.2, 0) is 4.74 Å². The van der Waals surface area contributed by atoms with Gasteiger partial charge in [0.25, 0.3) is 0 Å². The minimum atomic E-state index is -0.204. The Hall–Kier alpha value is -1.35. The summed E-state index contributed by atoms with van der Waals surface area (Å²) < 4.78 is 18.8. The Morgan fingerprint density at radius 2 is 2.35 bits per heavy atom. The van der Waals surface area contributed by atoms with E-state index >= 15 is 0 Å². The average Bonchev–Trinajstić information content (AvgIpc) is 2.83. The van der Waals surface area contributed by atoms with Gasteiger partial charge in [0.2, 0.25) is 0 Å². The Morgan fingerprint density at radius 1 is 1.47 bits per heavy atom. The van der Waals surface area contributed by atoms with E-state index in [1.54, 1.807) is 12.1 Å². The lowest BCUT2D eigenvalue weighted by Gasteiger charge is -2.20. The van der Waals surface area contributed by atoms with Crippen molar-refractivity contribution < 1.29 is 9.13 Å². The molecule has 0 radical (unpaired) electrons. The van der Waals surface area contributed by atoms with Crippen LogP contribution in [0.2, 0.25) is 0 Å². The molecule has 92 valence electrons. The molecule has 0 amide bonds. The maximum absolute atomic E-state index is 13.2. The molecule has 1 heterocycles. The van der Waals surface area contributed by atoms with E-state index < -0.39 is 0 Å². The first-order valence-corrected chi connectivity index (χ1v) is 6.13. The second-order valence-electron chi connectivity index (χ2n) is 4.19. The number of hydrogen-bond acceptors (Lipinski definition) is 2. The third-order valence-electron chi connectivity index (χ3n) is 2.80. The first-order chi connectivity index (χ1) is 8.31. The molecular formula is C14H18FNO. The van der Waals surface area contributed by atoms with E-state index in [0.717, 1.165) is 37.3 Å². The first-order valence-electron chi connectivity index (χ1n) is 6.13. The Bertz CT molecular complexity index is 403. The van der Waals surface area contributed by atoms with Crippen molar-refractivity contribution in [2.24, 2.45) is 0 Å². The molecule has 1 atom stereocenters. The van der Waals surface area contributed by atoms with Gasteiger partial charge in [-0.15, -0.1) is 0 Å². The lowest BCUT2D eigenvalue weighted by molar-refractivity contribution is 0.215. The monoisotopic (exact) mass is 235 g/mol. The van der Waals surface area contributed by atoms with Gasteiger partial charge in [-0.3, -0.25) is 0 Å². The van der Waals surface area contributed by atoms with Gasteiger partial charge < -0.3 is 10.1 Å². The van der Waals surface area contributed by atoms with E-state index in [-0.39, 0.29) is 11.9 Å². The van der Waals surface area contributed by atoms with Crippen LogP contribution in [0.25, 0.3) is 0 Å². The van der Waals surface area contributed by atoms with Crippen LogP contribution in [0.3, 0.4) is 0 Å². The summed E-state index contributed by atoms with van der Waals surface area (Å²) in [4.78, 5) is 0. The van der Waals surface area contributed by atoms with Crippen molar-refractivity contribution >= 4 is 0 Å². The fourth-order valence-corrected chi connectivity index (χ4v) is 2.00. The smallest absolute Gasteiger partial charge is 0.123 e. The van der Waals surface area contributed by atoms with Crippen LogP contribution in [0.4, 0.5) is 4.39 Å². The Labute approximate surface area is 101 Å². The molecule has 1 unspecified atom stereocenters. The summed E-state index contributed by atoms with van der Waals surface area (Å²) in [6.45, 7) is 3.73. The number of rotatable bonds is 5. The summed E-state index contributed by atoms with van der Waals surface area (Å²) in [5, 5.41) is 3.39. The molecule has 0 saturated carbocycles. The van der Waals surface area contributed by atoms with Crippen molar-refractivity contribution in [3.05, 3.63) is 47.5 Å². The van der Waals surface area contributed by atoms with Gasteiger partial charge >= 0.3 is 0 Å². The lowest BCUT2D eigenvalue weighted by Crippen LogP contribution is -2.24. The molecule has 0 spiro atoms. The fraction of sp³-hybridized carbons (Fsp3) is 0.429. The van der Waals surface area contributed by atoms with Crippen LogP contribution in [0.5, 0.6) is 0 Å². The fourth-order valence-electron chi connectivity index (χ4n) is 2.00. The summed E-state index contributed by atoms with van der Waals surface area (Å²) in [5.74, 6) is 0.716. The number of benzene rings is 1. The molecule has 0 aromatic heterocycles. The van der Waals surface area contributed by atoms with E-state index in [1.807, 2.05) is 6.07 Å². The highest BCUT2D eigenvalue weighted by Crippen LogP contribution is 2.26. The zero-order valence-corrected chi connectivity index (χ0v) is 10.1. The van der Waals surface area contributed by atoms with Gasteiger partial charge in [-0.05, 0) is 36.7 Å². The highest BCUT2D eigenvalue weighted by Gasteiger charge is 2.20. The molecule has 0 bridgehead atoms. The maximum atomic E-state index is 13.2. The molecule has 1 aliphatic rings. The van der Waals surface area contributed by atoms with E-state index in [9.17, 15) is 4.39 Å². The van der Waals surface area contributed by atoms with Crippen LogP contribution < -0.4 is 5.32 Å². The predicted molar refractivity (Wildman–Crippen MR) is 66.1 cm³/mol. The van der Waals surface area contributed by atoms with Gasteiger partial charge in [0, 0.05) is 6.42 Å². The molecule has 1 aliphatic heterocycles. The van der Waals surface area contributed by atoms with Crippen LogP contribution in [0.1, 0.15) is 31.4 Å². The Morgan fingerprint density at radius 3 is 3.00 bits per heavy atom. The quantitative estimate of drug-likeness (QED) is 0.846. The minimum Gasteiger partial charge on any atom is -0.496 e. The zero-order valence-electron chi connectivity index (χ0n) is 10.1. The Balaban J connectivity index is 2.19. The van der Waals surface area contributed by atoms with E-state index in [0.29, 0.717) is 0 Å². The van der Waals surface area contributed by atoms with Crippen molar-refractivity contribution in [3.63, 3.8) is 0 Å². The van der Waals surface area contributed by atoms with Gasteiger partial charge in [-0.1, -0.05) is 19.1 Å². The average molecular weight is 235 g/mol. The number of nitrogens with one attached hydrogen (secondary N) is 1. The van der Waals surface area contributed by atoms with Crippen molar-refractivity contribution in [2.75, 3.05) is 13.2 Å². The van der Waals surface area contributed by atoms with Gasteiger partial charge in [0.1, 0.15) is 11.6 Å². The van der Waals surface area contributed by atoms with E-state index in [2.05, 4.69) is 18.3 Å². The lowest BCUT2D eigenvalue weighted by atomic mass is 10.0. The summed E-state index contributed by atoms with van der Waals surface area (Å²) in [6, 6.07) is 6.67. The molecular weight excluding hydrogens is 217 g/mol. The standard InChI is InChI=1S/C14H18FNO/c1-2-8-16-14(13-7-4-9-17-13)11-5-3-6-12(15)10-11/h3,5-7,10,14,16H,2,4,8-9H2,1H3. The van der Waals surface area contributed by atoms with Gasteiger partial charge in [0.15, 0.2) is 0 Å². The normalized spacial score (nSPS) is 16.5. The van der Waals surface area contributed by atoms with Gasteiger partial charge in [0.05, 0.1) is 12.6 Å². The van der Waals surface area contributed by atoms with E-state index in [4.69, 9.17) is 4.74 Å². The second-order valence-corrected chi connectivity index (χ2v) is 4.19. The summed E-state index contributed by atoms with van der Waals surface area (Å²) >= 11 is 0. The second kappa shape index (κ2) is 5.82. The van der Waals surface area contributed by atoms with Gasteiger partial charge in [-0.2, -0.15) is 0 Å². The molecule has 17 heavy (non-hydrogen) atoms. The molecule has 1 N–H and O–H groups in total. The molecule has 1 aromatic rings. The SMILES string of the molecule is CCCNC(C1=CCCO1)c1cccc(F)c1. The third-order valence-corrected chi connectivity index (χ3v) is 2.80. The van der Waals surface area contributed by atoms with Crippen LogP contribution in [-0.4, -0.2) is 13.2 Å². The van der Waals surface area contributed by atoms with Crippen molar-refractivity contribution in [1.82, 2.24) is 5.32 Å². The van der Waals surface area contributed by atoms with Crippen molar-refractivity contribution in [1.29, 1.82) is 0 Å². The van der Waals surface area contributed by atoms with Crippen molar-refractivity contribution in [3.8, 4) is 0 Å². The summed E-state index contributed by atoms with van der Waals surface area (Å²) in [5.41, 5.74) is 0.923. The number of hydrogen-bond donors (Lipinski definition) is 1. The number of halogens is 1. The predicted octanol–water partition coefficient (Wildman–Crippen LogP) is 3.17. The van der Waals surface area contributed by atoms with E-state index in [1.165, 1.54) is 6.07 Å². The third kappa shape index (κ3) is 3.07. The maximum Gasteiger partial charge on any atom is 0.123 e. The molecule has 3 heteroatoms.